The van der Waals surface area contributed by atoms with Crippen LogP contribution in [0.15, 0.2) is 0 Å². The van der Waals surface area contributed by atoms with Gasteiger partial charge in [0.1, 0.15) is 0 Å². The monoisotopic (exact) mass is 227 g/mol. The molecule has 0 aliphatic carbocycles. The van der Waals surface area contributed by atoms with Crippen LogP contribution < -0.4 is 5.32 Å². The van der Waals surface area contributed by atoms with E-state index < -0.39 is 0 Å². The molecule has 0 aromatic carbocycles. The first-order valence-corrected chi connectivity index (χ1v) is 6.44. The van der Waals surface area contributed by atoms with Crippen molar-refractivity contribution in [2.75, 3.05) is 40.3 Å². The van der Waals surface area contributed by atoms with Gasteiger partial charge >= 0.3 is 0 Å². The molecule has 1 aliphatic rings. The fourth-order valence-corrected chi connectivity index (χ4v) is 2.41. The third kappa shape index (κ3) is 4.04. The van der Waals surface area contributed by atoms with Crippen LogP contribution in [0.4, 0.5) is 0 Å². The lowest BCUT2D eigenvalue weighted by atomic mass is 9.95. The Morgan fingerprint density at radius 1 is 1.38 bits per heavy atom. The number of rotatable bonds is 4. The van der Waals surface area contributed by atoms with E-state index in [-0.39, 0.29) is 0 Å². The lowest BCUT2D eigenvalue weighted by Gasteiger charge is -2.47. The van der Waals surface area contributed by atoms with Crippen LogP contribution in [-0.2, 0) is 0 Å². The molecule has 0 saturated carbocycles. The zero-order chi connectivity index (χ0) is 12.3. The molecule has 0 amide bonds. The third-order valence-electron chi connectivity index (χ3n) is 3.29. The summed E-state index contributed by atoms with van der Waals surface area (Å²) in [6.07, 6.45) is 0. The first-order chi connectivity index (χ1) is 7.31. The van der Waals surface area contributed by atoms with Crippen molar-refractivity contribution in [3.8, 4) is 0 Å². The van der Waals surface area contributed by atoms with Crippen LogP contribution in [0.1, 0.15) is 27.7 Å². The summed E-state index contributed by atoms with van der Waals surface area (Å²) in [5, 5.41) is 3.66. The molecular weight excluding hydrogens is 198 g/mol. The van der Waals surface area contributed by atoms with Crippen molar-refractivity contribution in [3.05, 3.63) is 0 Å². The van der Waals surface area contributed by atoms with Crippen molar-refractivity contribution < 1.29 is 0 Å². The van der Waals surface area contributed by atoms with E-state index in [0.29, 0.717) is 11.6 Å². The first kappa shape index (κ1) is 13.9. The molecule has 1 fully saturated rings. The van der Waals surface area contributed by atoms with Gasteiger partial charge in [-0.05, 0) is 33.9 Å². The standard InChI is InChI=1S/C13H29N3/c1-11(2)7-16-9-12(8-15(5)6)14-10-13(16,3)4/h11-12,14H,7-10H2,1-6H3. The molecule has 1 saturated heterocycles. The van der Waals surface area contributed by atoms with Crippen LogP contribution >= 0.6 is 0 Å². The van der Waals surface area contributed by atoms with Crippen LogP contribution in [0.5, 0.6) is 0 Å². The Morgan fingerprint density at radius 2 is 2.00 bits per heavy atom. The summed E-state index contributed by atoms with van der Waals surface area (Å²) in [5.41, 5.74) is 0.299. The van der Waals surface area contributed by atoms with Crippen molar-refractivity contribution in [1.82, 2.24) is 15.1 Å². The zero-order valence-corrected chi connectivity index (χ0v) is 11.9. The van der Waals surface area contributed by atoms with Crippen molar-refractivity contribution in [3.63, 3.8) is 0 Å². The van der Waals surface area contributed by atoms with E-state index in [1.54, 1.807) is 0 Å². The van der Waals surface area contributed by atoms with Gasteiger partial charge < -0.3 is 10.2 Å². The molecule has 0 aromatic heterocycles. The summed E-state index contributed by atoms with van der Waals surface area (Å²) in [6, 6.07) is 0.613. The molecule has 1 atom stereocenters. The van der Waals surface area contributed by atoms with E-state index in [1.165, 1.54) is 13.1 Å². The zero-order valence-electron chi connectivity index (χ0n) is 11.9. The second kappa shape index (κ2) is 5.48. The highest BCUT2D eigenvalue weighted by atomic mass is 15.3. The average molecular weight is 227 g/mol. The van der Waals surface area contributed by atoms with Gasteiger partial charge in [0, 0.05) is 37.8 Å². The molecule has 0 aromatic rings. The predicted octanol–water partition coefficient (Wildman–Crippen LogP) is 1.26. The number of piperazine rings is 1. The van der Waals surface area contributed by atoms with Gasteiger partial charge in [0.25, 0.3) is 0 Å². The minimum atomic E-state index is 0.299. The molecule has 0 bridgehead atoms. The molecule has 3 nitrogen and oxygen atoms in total. The SMILES string of the molecule is CC(C)CN1CC(CN(C)C)NCC1(C)C. The second-order valence-corrected chi connectivity index (χ2v) is 6.45. The fourth-order valence-electron chi connectivity index (χ4n) is 2.41. The van der Waals surface area contributed by atoms with E-state index >= 15 is 0 Å². The van der Waals surface area contributed by atoms with Gasteiger partial charge in [-0.3, -0.25) is 4.90 Å². The summed E-state index contributed by atoms with van der Waals surface area (Å²) in [5.74, 6) is 0.748. The molecule has 1 aliphatic heterocycles. The summed E-state index contributed by atoms with van der Waals surface area (Å²) < 4.78 is 0. The Balaban J connectivity index is 2.55. The van der Waals surface area contributed by atoms with Crippen molar-refractivity contribution in [1.29, 1.82) is 0 Å². The summed E-state index contributed by atoms with van der Waals surface area (Å²) in [4.78, 5) is 4.91. The van der Waals surface area contributed by atoms with Crippen molar-refractivity contribution in [2.45, 2.75) is 39.3 Å². The highest BCUT2D eigenvalue weighted by Gasteiger charge is 2.33. The molecular formula is C13H29N3. The van der Waals surface area contributed by atoms with E-state index in [0.717, 1.165) is 19.0 Å². The maximum atomic E-state index is 3.66. The summed E-state index contributed by atoms with van der Waals surface area (Å²) in [6.45, 7) is 13.9. The number of hydrogen-bond donors (Lipinski definition) is 1. The number of nitrogens with one attached hydrogen (secondary N) is 1. The topological polar surface area (TPSA) is 18.5 Å². The van der Waals surface area contributed by atoms with Gasteiger partial charge in [-0.1, -0.05) is 13.8 Å². The first-order valence-electron chi connectivity index (χ1n) is 6.44. The molecule has 1 unspecified atom stereocenters. The molecule has 3 heteroatoms. The Labute approximate surface area is 101 Å². The largest absolute Gasteiger partial charge is 0.310 e. The highest BCUT2D eigenvalue weighted by Crippen LogP contribution is 2.20. The number of nitrogens with zero attached hydrogens (tertiary/aromatic N) is 2. The second-order valence-electron chi connectivity index (χ2n) is 6.45. The van der Waals surface area contributed by atoms with Gasteiger partial charge in [0.2, 0.25) is 0 Å². The lowest BCUT2D eigenvalue weighted by Crippen LogP contribution is -2.64. The van der Waals surface area contributed by atoms with Gasteiger partial charge in [0.05, 0.1) is 0 Å². The summed E-state index contributed by atoms with van der Waals surface area (Å²) >= 11 is 0. The lowest BCUT2D eigenvalue weighted by molar-refractivity contribution is 0.0491. The van der Waals surface area contributed by atoms with E-state index in [1.807, 2.05) is 0 Å². The maximum absolute atomic E-state index is 3.66. The molecule has 1 heterocycles. The predicted molar refractivity (Wildman–Crippen MR) is 70.8 cm³/mol. The van der Waals surface area contributed by atoms with E-state index in [2.05, 4.69) is 56.9 Å². The molecule has 0 radical (unpaired) electrons. The highest BCUT2D eigenvalue weighted by molar-refractivity contribution is 4.93. The normalized spacial score (nSPS) is 26.6. The number of likely N-dealkylation sites (N-methyl/N-ethyl adjacent to an activating group) is 1. The fraction of sp³-hybridized carbons (Fsp3) is 1.00. The maximum Gasteiger partial charge on any atom is 0.0323 e. The average Bonchev–Trinajstić information content (AvgIpc) is 2.09. The van der Waals surface area contributed by atoms with Crippen LogP contribution in [0.3, 0.4) is 0 Å². The molecule has 1 rings (SSSR count). The van der Waals surface area contributed by atoms with Gasteiger partial charge in [-0.25, -0.2) is 0 Å². The quantitative estimate of drug-likeness (QED) is 0.780. The smallest absolute Gasteiger partial charge is 0.0323 e. The Morgan fingerprint density at radius 3 is 2.50 bits per heavy atom. The summed E-state index contributed by atoms with van der Waals surface area (Å²) in [7, 11) is 4.29. The van der Waals surface area contributed by atoms with Crippen LogP contribution in [0.2, 0.25) is 0 Å². The van der Waals surface area contributed by atoms with Gasteiger partial charge in [-0.2, -0.15) is 0 Å². The van der Waals surface area contributed by atoms with Gasteiger partial charge in [-0.15, -0.1) is 0 Å². The minimum Gasteiger partial charge on any atom is -0.310 e. The Kier molecular flexibility index (Phi) is 4.77. The minimum absolute atomic E-state index is 0.299. The van der Waals surface area contributed by atoms with Crippen LogP contribution in [-0.4, -0.2) is 61.7 Å². The van der Waals surface area contributed by atoms with Gasteiger partial charge in [0.15, 0.2) is 0 Å². The number of hydrogen-bond acceptors (Lipinski definition) is 3. The third-order valence-corrected chi connectivity index (χ3v) is 3.29. The van der Waals surface area contributed by atoms with E-state index in [4.69, 9.17) is 0 Å². The Bertz CT molecular complexity index is 211. The van der Waals surface area contributed by atoms with Crippen molar-refractivity contribution >= 4 is 0 Å². The Hall–Kier alpha value is -0.120. The van der Waals surface area contributed by atoms with E-state index in [9.17, 15) is 0 Å². The van der Waals surface area contributed by atoms with Crippen molar-refractivity contribution in [2.24, 2.45) is 5.92 Å². The molecule has 16 heavy (non-hydrogen) atoms. The molecule has 0 spiro atoms. The van der Waals surface area contributed by atoms with Crippen LogP contribution in [0, 0.1) is 5.92 Å². The molecule has 1 N–H and O–H groups in total. The molecule has 96 valence electrons. The van der Waals surface area contributed by atoms with Crippen LogP contribution in [0.25, 0.3) is 0 Å².